The van der Waals surface area contributed by atoms with Crippen molar-refractivity contribution >= 4 is 22.4 Å². The topological polar surface area (TPSA) is 84.4 Å². The second-order valence-corrected chi connectivity index (χ2v) is 12.9. The van der Waals surface area contributed by atoms with Crippen LogP contribution in [0.1, 0.15) is 54.0 Å². The Morgan fingerprint density at radius 3 is 2.79 bits per heavy atom. The van der Waals surface area contributed by atoms with Crippen LogP contribution in [0.2, 0.25) is 0 Å². The fourth-order valence-electron chi connectivity index (χ4n) is 6.95. The molecule has 6 rings (SSSR count). The van der Waals surface area contributed by atoms with Gasteiger partial charge in [0.1, 0.15) is 12.4 Å². The molecule has 2 aromatic carbocycles. The van der Waals surface area contributed by atoms with E-state index in [1.54, 1.807) is 18.4 Å². The van der Waals surface area contributed by atoms with Crippen molar-refractivity contribution in [2.24, 2.45) is 5.92 Å². The Labute approximate surface area is 258 Å². The zero-order valence-electron chi connectivity index (χ0n) is 25.5. The van der Waals surface area contributed by atoms with E-state index in [0.717, 1.165) is 79.7 Å². The van der Waals surface area contributed by atoms with Crippen molar-refractivity contribution in [3.8, 4) is 17.0 Å². The van der Waals surface area contributed by atoms with Gasteiger partial charge in [0.25, 0.3) is 0 Å². The van der Waals surface area contributed by atoms with Crippen LogP contribution in [0.4, 0.5) is 5.13 Å². The van der Waals surface area contributed by atoms with E-state index in [1.807, 2.05) is 6.07 Å². The van der Waals surface area contributed by atoms with Crippen molar-refractivity contribution in [1.82, 2.24) is 9.88 Å². The van der Waals surface area contributed by atoms with Crippen molar-refractivity contribution in [2.75, 3.05) is 44.9 Å². The van der Waals surface area contributed by atoms with Gasteiger partial charge < -0.3 is 24.2 Å². The number of anilines is 1. The van der Waals surface area contributed by atoms with Crippen LogP contribution in [-0.2, 0) is 40.3 Å². The smallest absolute Gasteiger partial charge is 0.309 e. The zero-order valence-corrected chi connectivity index (χ0v) is 26.3. The van der Waals surface area contributed by atoms with Crippen LogP contribution in [0, 0.1) is 12.8 Å². The Kier molecular flexibility index (Phi) is 9.33. The van der Waals surface area contributed by atoms with Crippen molar-refractivity contribution in [3.63, 3.8) is 0 Å². The Bertz CT molecular complexity index is 1420. The molecule has 0 bridgehead atoms. The lowest BCUT2D eigenvalue weighted by Gasteiger charge is -2.38. The molecule has 0 unspecified atom stereocenters. The number of rotatable bonds is 9. The van der Waals surface area contributed by atoms with Crippen LogP contribution in [0.5, 0.6) is 5.75 Å². The lowest BCUT2D eigenvalue weighted by atomic mass is 9.90. The lowest BCUT2D eigenvalue weighted by molar-refractivity contribution is -0.147. The first-order chi connectivity index (χ1) is 20.9. The highest BCUT2D eigenvalue weighted by molar-refractivity contribution is 7.14. The van der Waals surface area contributed by atoms with Gasteiger partial charge in [0.2, 0.25) is 0 Å². The molecule has 0 amide bonds. The van der Waals surface area contributed by atoms with Crippen LogP contribution >= 0.6 is 11.3 Å². The van der Waals surface area contributed by atoms with Gasteiger partial charge in [0, 0.05) is 63.5 Å². The highest BCUT2D eigenvalue weighted by Crippen LogP contribution is 2.37. The number of para-hydroxylation sites is 1. The van der Waals surface area contributed by atoms with Crippen LogP contribution in [0.3, 0.4) is 0 Å². The van der Waals surface area contributed by atoms with E-state index in [4.69, 9.17) is 19.2 Å². The molecule has 2 atom stereocenters. The van der Waals surface area contributed by atoms with E-state index in [2.05, 4.69) is 53.3 Å². The summed E-state index contributed by atoms with van der Waals surface area (Å²) < 4.78 is 17.7. The molecule has 0 saturated carbocycles. The number of carboxylic acid groups (broad SMARTS) is 1. The molecule has 1 aromatic heterocycles. The third kappa shape index (κ3) is 6.45. The summed E-state index contributed by atoms with van der Waals surface area (Å²) >= 11 is 1.58. The number of aryl methyl sites for hydroxylation is 2. The predicted molar refractivity (Wildman–Crippen MR) is 169 cm³/mol. The van der Waals surface area contributed by atoms with Crippen molar-refractivity contribution in [3.05, 3.63) is 63.5 Å². The van der Waals surface area contributed by atoms with Gasteiger partial charge >= 0.3 is 5.97 Å². The molecule has 9 heteroatoms. The highest BCUT2D eigenvalue weighted by Gasteiger charge is 2.35. The summed E-state index contributed by atoms with van der Waals surface area (Å²) in [5.41, 5.74) is 8.57. The van der Waals surface area contributed by atoms with Gasteiger partial charge in [-0.15, -0.1) is 11.3 Å². The average Bonchev–Trinajstić information content (AvgIpc) is 3.54. The number of carboxylic acids is 1. The van der Waals surface area contributed by atoms with Gasteiger partial charge in [-0.2, -0.15) is 0 Å². The second kappa shape index (κ2) is 13.3. The molecule has 8 nitrogen and oxygen atoms in total. The number of hydrogen-bond donors (Lipinski definition) is 1. The number of aromatic nitrogens is 1. The van der Waals surface area contributed by atoms with E-state index in [1.165, 1.54) is 22.3 Å². The number of ether oxygens (including phenoxy) is 3. The largest absolute Gasteiger partial charge is 0.488 e. The Balaban J connectivity index is 1.18. The molecule has 1 N–H and O–H groups in total. The minimum Gasteiger partial charge on any atom is -0.488 e. The molecule has 3 aromatic rings. The maximum atomic E-state index is 11.6. The monoisotopic (exact) mass is 605 g/mol. The number of aliphatic carboxylic acids is 1. The fraction of sp³-hybridized carbons (Fsp3) is 0.529. The van der Waals surface area contributed by atoms with Gasteiger partial charge in [-0.25, -0.2) is 4.98 Å². The third-order valence-electron chi connectivity index (χ3n) is 9.42. The number of carbonyl (C=O) groups is 1. The SMILES string of the molecule is CCc1cc(COc2c(C)cccc2-c2csc(N3CC[C@@H](C(=O)O)[C@@H](OC)C3)n2)cc2c1CN(C1CCOCC1)CC2. The maximum absolute atomic E-state index is 11.6. The molecule has 0 radical (unpaired) electrons. The molecule has 2 fully saturated rings. The van der Waals surface area contributed by atoms with Crippen molar-refractivity contribution < 1.29 is 24.1 Å². The van der Waals surface area contributed by atoms with E-state index < -0.39 is 11.9 Å². The van der Waals surface area contributed by atoms with E-state index in [-0.39, 0.29) is 6.10 Å². The molecule has 3 aliphatic heterocycles. The molecule has 3 aliphatic rings. The summed E-state index contributed by atoms with van der Waals surface area (Å²) in [6, 6.07) is 11.6. The number of benzene rings is 2. The van der Waals surface area contributed by atoms with Crippen LogP contribution in [0.15, 0.2) is 35.7 Å². The lowest BCUT2D eigenvalue weighted by Crippen LogP contribution is -2.47. The quantitative estimate of drug-likeness (QED) is 0.332. The van der Waals surface area contributed by atoms with Gasteiger partial charge in [0.05, 0.1) is 17.7 Å². The van der Waals surface area contributed by atoms with E-state index in [9.17, 15) is 9.90 Å². The summed E-state index contributed by atoms with van der Waals surface area (Å²) in [4.78, 5) is 21.4. The summed E-state index contributed by atoms with van der Waals surface area (Å²) in [6.07, 6.45) is 4.56. The number of methoxy groups -OCH3 is 1. The summed E-state index contributed by atoms with van der Waals surface area (Å²) in [5, 5.41) is 12.5. The van der Waals surface area contributed by atoms with E-state index >= 15 is 0 Å². The van der Waals surface area contributed by atoms with Gasteiger partial charge in [-0.3, -0.25) is 9.69 Å². The van der Waals surface area contributed by atoms with Crippen LogP contribution in [-0.4, -0.2) is 73.1 Å². The zero-order chi connectivity index (χ0) is 29.9. The van der Waals surface area contributed by atoms with Gasteiger partial charge in [0.15, 0.2) is 5.13 Å². The molecule has 2 saturated heterocycles. The summed E-state index contributed by atoms with van der Waals surface area (Å²) in [5.74, 6) is -0.421. The van der Waals surface area contributed by atoms with Crippen molar-refractivity contribution in [2.45, 2.75) is 71.2 Å². The molecule has 4 heterocycles. The molecule has 0 spiro atoms. The summed E-state index contributed by atoms with van der Waals surface area (Å²) in [7, 11) is 1.59. The Morgan fingerprint density at radius 2 is 2.02 bits per heavy atom. The minimum atomic E-state index is -0.796. The molecule has 43 heavy (non-hydrogen) atoms. The normalized spacial score (nSPS) is 21.5. The van der Waals surface area contributed by atoms with Crippen LogP contribution < -0.4 is 9.64 Å². The Morgan fingerprint density at radius 1 is 1.19 bits per heavy atom. The molecule has 0 aliphatic carbocycles. The summed E-state index contributed by atoms with van der Waals surface area (Å²) in [6.45, 7) is 9.93. The maximum Gasteiger partial charge on any atom is 0.309 e. The first-order valence-corrected chi connectivity index (χ1v) is 16.5. The standard InChI is InChI=1S/C34H43N3O5S/c1-4-24-16-23(17-25-8-12-36(18-29(24)25)26-10-14-41-15-11-26)20-42-32-22(2)6-5-7-27(32)30-21-43-34(35-30)37-13-9-28(33(38)39)31(19-37)40-3/h5-7,16-17,21,26,28,31H,4,8-15,18-20H2,1-3H3,(H,38,39)/t28-,31+/m1/s1. The molecule has 230 valence electrons. The molecular formula is C34H43N3O5S. The van der Waals surface area contributed by atoms with E-state index in [0.29, 0.717) is 32.2 Å². The first-order valence-electron chi connectivity index (χ1n) is 15.6. The average molecular weight is 606 g/mol. The fourth-order valence-corrected chi connectivity index (χ4v) is 7.81. The molecular weight excluding hydrogens is 562 g/mol. The van der Waals surface area contributed by atoms with Gasteiger partial charge in [-0.1, -0.05) is 31.2 Å². The third-order valence-corrected chi connectivity index (χ3v) is 10.3. The minimum absolute atomic E-state index is 0.356. The number of fused-ring (bicyclic) bond motifs is 1. The first kappa shape index (κ1) is 30.1. The predicted octanol–water partition coefficient (Wildman–Crippen LogP) is 5.72. The number of piperidine rings is 1. The highest BCUT2D eigenvalue weighted by atomic mass is 32.1. The Hall–Kier alpha value is -2.98. The second-order valence-electron chi connectivity index (χ2n) is 12.0. The van der Waals surface area contributed by atoms with Crippen molar-refractivity contribution in [1.29, 1.82) is 0 Å². The van der Waals surface area contributed by atoms with Gasteiger partial charge in [-0.05, 0) is 72.9 Å². The number of hydrogen-bond acceptors (Lipinski definition) is 8. The van der Waals surface area contributed by atoms with Crippen LogP contribution in [0.25, 0.3) is 11.3 Å². The number of thiazole rings is 1. The number of nitrogens with zero attached hydrogens (tertiary/aromatic N) is 3.